The molecule has 0 saturated carbocycles. The van der Waals surface area contributed by atoms with Gasteiger partial charge in [0.2, 0.25) is 11.9 Å². The largest absolute Gasteiger partial charge is 0.376 e. The third-order valence-corrected chi connectivity index (χ3v) is 5.67. The van der Waals surface area contributed by atoms with Crippen LogP contribution in [0.1, 0.15) is 25.3 Å². The smallest absolute Gasteiger partial charge is 0.253 e. The van der Waals surface area contributed by atoms with Crippen LogP contribution in [-0.2, 0) is 14.3 Å². The number of imidazole rings is 1. The summed E-state index contributed by atoms with van der Waals surface area (Å²) in [5, 5.41) is 2.54. The van der Waals surface area contributed by atoms with Crippen LogP contribution >= 0.6 is 0 Å². The molecule has 5 rings (SSSR count). The first kappa shape index (κ1) is 19.6. The minimum Gasteiger partial charge on any atom is -0.376 e. The van der Waals surface area contributed by atoms with Crippen molar-refractivity contribution in [1.82, 2.24) is 9.55 Å². The molecule has 9 heteroatoms. The van der Waals surface area contributed by atoms with E-state index in [1.807, 2.05) is 24.3 Å². The molecule has 1 aromatic heterocycles. The van der Waals surface area contributed by atoms with Gasteiger partial charge in [-0.3, -0.25) is 19.1 Å². The summed E-state index contributed by atoms with van der Waals surface area (Å²) in [5.41, 5.74) is 1.61. The first-order chi connectivity index (χ1) is 15.0. The molecule has 1 N–H and O–H groups in total. The number of ether oxygens (including phenoxy) is 1. The Hall–Kier alpha value is -3.33. The standard InChI is InChI=1S/C22H20F2N4O3/c23-15-8-7-13(10-16(15)24)25-20(29)11-19-21(30)27(12-14-4-3-9-31-14)22-26-17-5-1-2-6-18(17)28(19)22/h1-2,5-8,10,14,19H,3-4,9,11-12H2,(H,25,29)/t14-,19+/m1/s1. The van der Waals surface area contributed by atoms with Gasteiger partial charge in [-0.1, -0.05) is 12.1 Å². The molecule has 2 aromatic carbocycles. The molecule has 7 nitrogen and oxygen atoms in total. The van der Waals surface area contributed by atoms with Crippen LogP contribution in [0.4, 0.5) is 20.4 Å². The molecule has 1 fully saturated rings. The number of benzene rings is 2. The van der Waals surface area contributed by atoms with Crippen molar-refractivity contribution in [3.63, 3.8) is 0 Å². The van der Waals surface area contributed by atoms with Crippen LogP contribution < -0.4 is 10.2 Å². The molecule has 0 spiro atoms. The molecule has 31 heavy (non-hydrogen) atoms. The maximum atomic E-state index is 13.5. The van der Waals surface area contributed by atoms with Crippen molar-refractivity contribution in [3.8, 4) is 0 Å². The second-order valence-corrected chi connectivity index (χ2v) is 7.75. The number of halogens is 2. The molecule has 1 saturated heterocycles. The molecule has 0 aliphatic carbocycles. The molecule has 0 radical (unpaired) electrons. The minimum atomic E-state index is -1.06. The van der Waals surface area contributed by atoms with E-state index in [4.69, 9.17) is 4.74 Å². The Morgan fingerprint density at radius 3 is 2.81 bits per heavy atom. The van der Waals surface area contributed by atoms with Gasteiger partial charge in [-0.15, -0.1) is 0 Å². The SMILES string of the molecule is O=C(C[C@H]1C(=O)N(C[C@H]2CCCO2)c2nc3ccccc3n21)Nc1ccc(F)c(F)c1. The van der Waals surface area contributed by atoms with Crippen molar-refractivity contribution in [2.45, 2.75) is 31.4 Å². The van der Waals surface area contributed by atoms with Gasteiger partial charge in [-0.25, -0.2) is 13.8 Å². The zero-order chi connectivity index (χ0) is 21.5. The fourth-order valence-corrected chi connectivity index (χ4v) is 4.22. The molecule has 160 valence electrons. The third-order valence-electron chi connectivity index (χ3n) is 5.67. The second-order valence-electron chi connectivity index (χ2n) is 7.75. The Morgan fingerprint density at radius 1 is 1.19 bits per heavy atom. The van der Waals surface area contributed by atoms with E-state index in [1.54, 1.807) is 9.47 Å². The monoisotopic (exact) mass is 426 g/mol. The molecular formula is C22H20F2N4O3. The number of carbonyl (C=O) groups excluding carboxylic acids is 2. The van der Waals surface area contributed by atoms with Crippen LogP contribution in [0.5, 0.6) is 0 Å². The lowest BCUT2D eigenvalue weighted by Crippen LogP contribution is -2.37. The summed E-state index contributed by atoms with van der Waals surface area (Å²) >= 11 is 0. The first-order valence-electron chi connectivity index (χ1n) is 10.2. The van der Waals surface area contributed by atoms with E-state index in [9.17, 15) is 18.4 Å². The molecule has 0 bridgehead atoms. The molecule has 2 atom stereocenters. The van der Waals surface area contributed by atoms with Gasteiger partial charge in [0, 0.05) is 18.4 Å². The predicted octanol–water partition coefficient (Wildman–Crippen LogP) is 3.41. The summed E-state index contributed by atoms with van der Waals surface area (Å²) in [4.78, 5) is 32.1. The van der Waals surface area contributed by atoms with Crippen LogP contribution in [0.25, 0.3) is 11.0 Å². The Morgan fingerprint density at radius 2 is 2.03 bits per heavy atom. The number of nitrogens with one attached hydrogen (secondary N) is 1. The zero-order valence-electron chi connectivity index (χ0n) is 16.6. The van der Waals surface area contributed by atoms with E-state index >= 15 is 0 Å². The van der Waals surface area contributed by atoms with E-state index in [0.29, 0.717) is 19.1 Å². The van der Waals surface area contributed by atoms with Gasteiger partial charge < -0.3 is 10.1 Å². The summed E-state index contributed by atoms with van der Waals surface area (Å²) in [6.45, 7) is 1.05. The second kappa shape index (κ2) is 7.73. The Balaban J connectivity index is 1.43. The lowest BCUT2D eigenvalue weighted by Gasteiger charge is -2.19. The lowest BCUT2D eigenvalue weighted by molar-refractivity contribution is -0.124. The maximum Gasteiger partial charge on any atom is 0.253 e. The fraction of sp³-hybridized carbons (Fsp3) is 0.318. The number of aromatic nitrogens is 2. The predicted molar refractivity (Wildman–Crippen MR) is 110 cm³/mol. The first-order valence-corrected chi connectivity index (χ1v) is 10.2. The fourth-order valence-electron chi connectivity index (χ4n) is 4.22. The van der Waals surface area contributed by atoms with Crippen LogP contribution in [0.3, 0.4) is 0 Å². The maximum absolute atomic E-state index is 13.5. The van der Waals surface area contributed by atoms with Crippen LogP contribution in [0, 0.1) is 11.6 Å². The highest BCUT2D eigenvalue weighted by Gasteiger charge is 2.42. The number of fused-ring (bicyclic) bond motifs is 3. The van der Waals surface area contributed by atoms with Crippen LogP contribution in [-0.4, -0.2) is 40.6 Å². The number of anilines is 2. The van der Waals surface area contributed by atoms with Crippen molar-refractivity contribution in [1.29, 1.82) is 0 Å². The highest BCUT2D eigenvalue weighted by molar-refractivity contribution is 6.05. The van der Waals surface area contributed by atoms with E-state index < -0.39 is 23.6 Å². The molecule has 3 aromatic rings. The van der Waals surface area contributed by atoms with Crippen molar-refractivity contribution >= 4 is 34.5 Å². The van der Waals surface area contributed by atoms with Crippen molar-refractivity contribution < 1.29 is 23.1 Å². The average Bonchev–Trinajstić information content (AvgIpc) is 3.45. The van der Waals surface area contributed by atoms with E-state index in [-0.39, 0.29) is 24.1 Å². The molecule has 2 amide bonds. The minimum absolute atomic E-state index is 0.0630. The van der Waals surface area contributed by atoms with E-state index in [2.05, 4.69) is 10.3 Å². The summed E-state index contributed by atoms with van der Waals surface area (Å²) in [5.74, 6) is -2.27. The number of hydrogen-bond acceptors (Lipinski definition) is 4. The van der Waals surface area contributed by atoms with Crippen molar-refractivity contribution in [2.75, 3.05) is 23.4 Å². The molecular weight excluding hydrogens is 406 g/mol. The Bertz CT molecular complexity index is 1170. The number of nitrogens with zero attached hydrogens (tertiary/aromatic N) is 3. The highest BCUT2D eigenvalue weighted by Crippen LogP contribution is 2.37. The topological polar surface area (TPSA) is 76.5 Å². The molecule has 0 unspecified atom stereocenters. The highest BCUT2D eigenvalue weighted by atomic mass is 19.2. The normalized spacial score (nSPS) is 20.5. The Kier molecular flexibility index (Phi) is 4.90. The zero-order valence-corrected chi connectivity index (χ0v) is 16.6. The molecule has 3 heterocycles. The van der Waals surface area contributed by atoms with Gasteiger partial charge in [0.25, 0.3) is 5.91 Å². The summed E-state index contributed by atoms with van der Waals surface area (Å²) in [6.07, 6.45) is 1.59. The number of rotatable bonds is 5. The lowest BCUT2D eigenvalue weighted by atomic mass is 10.1. The van der Waals surface area contributed by atoms with Gasteiger partial charge in [0.1, 0.15) is 6.04 Å². The Labute approximate surface area is 176 Å². The van der Waals surface area contributed by atoms with Crippen LogP contribution in [0.15, 0.2) is 42.5 Å². The summed E-state index contributed by atoms with van der Waals surface area (Å²) in [6, 6.07) is 9.76. The molecule has 2 aliphatic rings. The quantitative estimate of drug-likeness (QED) is 0.679. The van der Waals surface area contributed by atoms with Crippen molar-refractivity contribution in [2.24, 2.45) is 0 Å². The number of amides is 2. The van der Waals surface area contributed by atoms with Gasteiger partial charge >= 0.3 is 0 Å². The average molecular weight is 426 g/mol. The van der Waals surface area contributed by atoms with Gasteiger partial charge in [0.05, 0.1) is 30.1 Å². The number of carbonyl (C=O) groups is 2. The van der Waals surface area contributed by atoms with E-state index in [0.717, 1.165) is 36.0 Å². The number of hydrogen-bond donors (Lipinski definition) is 1. The third kappa shape index (κ3) is 3.54. The van der Waals surface area contributed by atoms with Gasteiger partial charge in [-0.05, 0) is 37.1 Å². The van der Waals surface area contributed by atoms with E-state index in [1.165, 1.54) is 6.07 Å². The number of para-hydroxylation sites is 2. The van der Waals surface area contributed by atoms with Crippen molar-refractivity contribution in [3.05, 3.63) is 54.1 Å². The van der Waals surface area contributed by atoms with Gasteiger partial charge in [-0.2, -0.15) is 0 Å². The van der Waals surface area contributed by atoms with Crippen LogP contribution in [0.2, 0.25) is 0 Å². The summed E-state index contributed by atoms with van der Waals surface area (Å²) < 4.78 is 34.1. The summed E-state index contributed by atoms with van der Waals surface area (Å²) in [7, 11) is 0. The van der Waals surface area contributed by atoms with Gasteiger partial charge in [0.15, 0.2) is 11.6 Å². The molecule has 2 aliphatic heterocycles.